The second-order valence-electron chi connectivity index (χ2n) is 11.3. The molecule has 232 valence electrons. The number of carbonyl (C=O) groups is 1. The molecule has 6 rings (SSSR count). The first-order valence-electron chi connectivity index (χ1n) is 15.1. The van der Waals surface area contributed by atoms with Crippen LogP contribution >= 0.6 is 23.2 Å². The Morgan fingerprint density at radius 2 is 1.80 bits per heavy atom. The number of hydrogen-bond acceptors (Lipinski definition) is 6. The summed E-state index contributed by atoms with van der Waals surface area (Å²) in [6.45, 7) is 5.10. The normalized spacial score (nSPS) is 14.7. The summed E-state index contributed by atoms with van der Waals surface area (Å²) in [6, 6.07) is 18.2. The smallest absolute Gasteiger partial charge is 0.220 e. The fourth-order valence-electron chi connectivity index (χ4n) is 5.95. The molecule has 1 aliphatic heterocycles. The maximum absolute atomic E-state index is 11.5. The van der Waals surface area contributed by atoms with E-state index in [0.717, 1.165) is 52.8 Å². The summed E-state index contributed by atoms with van der Waals surface area (Å²) < 4.78 is 7.79. The first-order valence-corrected chi connectivity index (χ1v) is 15.9. The second-order valence-corrected chi connectivity index (χ2v) is 12.0. The van der Waals surface area contributed by atoms with Crippen molar-refractivity contribution >= 4 is 40.0 Å². The van der Waals surface area contributed by atoms with E-state index in [1.54, 1.807) is 13.3 Å². The van der Waals surface area contributed by atoms with Crippen LogP contribution in [0.5, 0.6) is 5.88 Å². The molecule has 0 aliphatic carbocycles. The molecule has 1 aliphatic rings. The van der Waals surface area contributed by atoms with Gasteiger partial charge in [-0.15, -0.1) is 0 Å². The molecule has 1 saturated heterocycles. The third-order valence-electron chi connectivity index (χ3n) is 8.29. The highest BCUT2D eigenvalue weighted by Gasteiger charge is 2.21. The number of benzene rings is 2. The molecule has 45 heavy (non-hydrogen) atoms. The van der Waals surface area contributed by atoms with Gasteiger partial charge in [0.1, 0.15) is 0 Å². The van der Waals surface area contributed by atoms with E-state index in [1.165, 1.54) is 10.9 Å². The molecule has 0 radical (unpaired) electrons. The van der Waals surface area contributed by atoms with Crippen LogP contribution in [0.2, 0.25) is 10.0 Å². The van der Waals surface area contributed by atoms with Crippen LogP contribution in [-0.2, 0) is 24.9 Å². The third kappa shape index (κ3) is 6.42. The van der Waals surface area contributed by atoms with Crippen molar-refractivity contribution in [1.82, 2.24) is 30.5 Å². The Morgan fingerprint density at radius 3 is 2.58 bits per heavy atom. The molecule has 0 spiro atoms. The van der Waals surface area contributed by atoms with Crippen LogP contribution in [0.4, 0.5) is 0 Å². The van der Waals surface area contributed by atoms with Crippen LogP contribution in [0.3, 0.4) is 0 Å². The molecule has 5 aromatic rings. The van der Waals surface area contributed by atoms with E-state index in [2.05, 4.69) is 63.9 Å². The van der Waals surface area contributed by atoms with Crippen molar-refractivity contribution in [3.05, 3.63) is 88.2 Å². The summed E-state index contributed by atoms with van der Waals surface area (Å²) in [7, 11) is 3.67. The highest BCUT2D eigenvalue weighted by atomic mass is 35.5. The molecule has 0 bridgehead atoms. The van der Waals surface area contributed by atoms with Crippen molar-refractivity contribution in [3.63, 3.8) is 0 Å². The van der Waals surface area contributed by atoms with Crippen LogP contribution < -0.4 is 20.7 Å². The summed E-state index contributed by atoms with van der Waals surface area (Å²) in [5.74, 6) is 0.627. The number of amides is 1. The Labute approximate surface area is 273 Å². The lowest BCUT2D eigenvalue weighted by molar-refractivity contribution is -0.119. The maximum Gasteiger partial charge on any atom is 0.220 e. The quantitative estimate of drug-likeness (QED) is 0.147. The van der Waals surface area contributed by atoms with Gasteiger partial charge in [-0.1, -0.05) is 66.5 Å². The number of aryl methyl sites for hydroxylation is 1. The zero-order valence-corrected chi connectivity index (χ0v) is 27.1. The first kappa shape index (κ1) is 31.0. The number of methoxy groups -OCH3 is 1. The van der Waals surface area contributed by atoms with E-state index in [1.807, 2.05) is 36.4 Å². The van der Waals surface area contributed by atoms with Crippen LogP contribution in [0.15, 0.2) is 67.0 Å². The van der Waals surface area contributed by atoms with Crippen molar-refractivity contribution in [2.75, 3.05) is 20.2 Å². The number of ether oxygens (including phenoxy) is 1. The van der Waals surface area contributed by atoms with Gasteiger partial charge in [-0.2, -0.15) is 0 Å². The predicted octanol–water partition coefficient (Wildman–Crippen LogP) is 6.76. The topological polar surface area (TPSA) is 93.1 Å². The van der Waals surface area contributed by atoms with Gasteiger partial charge in [-0.25, -0.2) is 4.98 Å². The number of halogens is 2. The molecule has 0 saturated carbocycles. The summed E-state index contributed by atoms with van der Waals surface area (Å²) in [4.78, 5) is 21.0. The molecule has 8 nitrogen and oxygen atoms in total. The number of aromatic nitrogens is 3. The van der Waals surface area contributed by atoms with Crippen molar-refractivity contribution in [2.24, 2.45) is 7.05 Å². The molecule has 1 unspecified atom stereocenters. The summed E-state index contributed by atoms with van der Waals surface area (Å²) in [6.07, 6.45) is 5.36. The van der Waals surface area contributed by atoms with E-state index in [0.29, 0.717) is 46.8 Å². The Morgan fingerprint density at radius 1 is 1.00 bits per heavy atom. The van der Waals surface area contributed by atoms with Crippen LogP contribution in [0, 0.1) is 0 Å². The lowest BCUT2D eigenvalue weighted by atomic mass is 9.99. The molecule has 1 amide bonds. The second kappa shape index (κ2) is 13.6. The molecule has 3 N–H and O–H groups in total. The van der Waals surface area contributed by atoms with E-state index < -0.39 is 0 Å². The highest BCUT2D eigenvalue weighted by molar-refractivity contribution is 6.39. The minimum absolute atomic E-state index is 0.108. The van der Waals surface area contributed by atoms with Gasteiger partial charge in [-0.05, 0) is 36.7 Å². The average molecular weight is 644 g/mol. The number of carbonyl (C=O) groups excluding carboxylic acids is 1. The zero-order chi connectivity index (χ0) is 31.5. The molecule has 3 aromatic heterocycles. The standard InChI is InChI=1S/C35H36Cl2N6O2/c1-4-38-18-23-20-43(2)30-16-21(8-11-25(23)30)34-33(37)27(14-15-40-34)26-6-5-7-28(32(26)36)29-12-9-22(35(42-29)45-3)17-39-19-24-10-13-31(44)41-24/h5-9,11-12,14-16,20,24,38-39H,4,10,13,17-19H2,1-3H3,(H,41,44). The summed E-state index contributed by atoms with van der Waals surface area (Å²) in [5.41, 5.74) is 7.97. The zero-order valence-electron chi connectivity index (χ0n) is 25.6. The summed E-state index contributed by atoms with van der Waals surface area (Å²) >= 11 is 14.2. The van der Waals surface area contributed by atoms with Crippen molar-refractivity contribution < 1.29 is 9.53 Å². The maximum atomic E-state index is 11.5. The SMILES string of the molecule is CCNCc1cn(C)c2cc(-c3nccc(-c4cccc(-c5ccc(CNCC6CCC(=O)N6)c(OC)n5)c4Cl)c3Cl)ccc12. The fourth-order valence-corrected chi connectivity index (χ4v) is 6.60. The average Bonchev–Trinajstić information content (AvgIpc) is 3.61. The molecule has 1 atom stereocenters. The van der Waals surface area contributed by atoms with Gasteiger partial charge in [0.15, 0.2) is 0 Å². The van der Waals surface area contributed by atoms with E-state index in [9.17, 15) is 4.79 Å². The molecule has 1 fully saturated rings. The van der Waals surface area contributed by atoms with Gasteiger partial charge in [0.05, 0.1) is 28.5 Å². The first-order chi connectivity index (χ1) is 21.9. The lowest BCUT2D eigenvalue weighted by Gasteiger charge is -2.15. The van der Waals surface area contributed by atoms with E-state index in [-0.39, 0.29) is 11.9 Å². The van der Waals surface area contributed by atoms with Gasteiger partial charge in [0.2, 0.25) is 11.8 Å². The fraction of sp³-hybridized carbons (Fsp3) is 0.286. The highest BCUT2D eigenvalue weighted by Crippen LogP contribution is 2.42. The molecular formula is C35H36Cl2N6O2. The van der Waals surface area contributed by atoms with E-state index in [4.69, 9.17) is 32.9 Å². The predicted molar refractivity (Wildman–Crippen MR) is 182 cm³/mol. The van der Waals surface area contributed by atoms with E-state index >= 15 is 0 Å². The number of nitrogens with zero attached hydrogens (tertiary/aromatic N) is 3. The van der Waals surface area contributed by atoms with Crippen LogP contribution in [0.1, 0.15) is 30.9 Å². The van der Waals surface area contributed by atoms with Crippen molar-refractivity contribution in [3.8, 4) is 39.5 Å². The number of hydrogen-bond donors (Lipinski definition) is 3. The Kier molecular flexibility index (Phi) is 9.37. The van der Waals surface area contributed by atoms with Gasteiger partial charge in [0, 0.05) is 90.3 Å². The number of nitrogens with one attached hydrogen (secondary N) is 3. The number of rotatable bonds is 11. The minimum Gasteiger partial charge on any atom is -0.481 e. The number of fused-ring (bicyclic) bond motifs is 1. The Bertz CT molecular complexity index is 1870. The van der Waals surface area contributed by atoms with Gasteiger partial charge < -0.3 is 25.3 Å². The monoisotopic (exact) mass is 642 g/mol. The Balaban J connectivity index is 1.28. The number of pyridine rings is 2. The molecular weight excluding hydrogens is 607 g/mol. The van der Waals surface area contributed by atoms with Crippen LogP contribution in [-0.4, -0.2) is 46.7 Å². The largest absolute Gasteiger partial charge is 0.481 e. The van der Waals surface area contributed by atoms with Crippen molar-refractivity contribution in [1.29, 1.82) is 0 Å². The molecule has 4 heterocycles. The summed E-state index contributed by atoms with van der Waals surface area (Å²) in [5, 5.41) is 12.1. The lowest BCUT2D eigenvalue weighted by Crippen LogP contribution is -2.35. The third-order valence-corrected chi connectivity index (χ3v) is 9.08. The molecule has 2 aromatic carbocycles. The van der Waals surface area contributed by atoms with Gasteiger partial charge in [0.25, 0.3) is 0 Å². The van der Waals surface area contributed by atoms with Gasteiger partial charge in [-0.3, -0.25) is 9.78 Å². The molecule has 10 heteroatoms. The minimum atomic E-state index is 0.108. The Hall–Kier alpha value is -3.95. The van der Waals surface area contributed by atoms with Crippen LogP contribution in [0.25, 0.3) is 44.5 Å². The van der Waals surface area contributed by atoms with Gasteiger partial charge >= 0.3 is 0 Å². The van der Waals surface area contributed by atoms with Crippen molar-refractivity contribution in [2.45, 2.75) is 38.9 Å².